The van der Waals surface area contributed by atoms with Crippen molar-refractivity contribution in [3.8, 4) is 0 Å². The molecule has 3 N–H and O–H groups in total. The summed E-state index contributed by atoms with van der Waals surface area (Å²) in [5, 5.41) is 3.47. The fourth-order valence-corrected chi connectivity index (χ4v) is 1.30. The summed E-state index contributed by atoms with van der Waals surface area (Å²) in [6, 6.07) is 0.645. The molecular weight excluding hydrogens is 148 g/mol. The topological polar surface area (TPSA) is 38.0 Å². The summed E-state index contributed by atoms with van der Waals surface area (Å²) in [7, 11) is 0. The average molecular weight is 172 g/mol. The van der Waals surface area contributed by atoms with E-state index in [4.69, 9.17) is 5.73 Å². The quantitative estimate of drug-likeness (QED) is 0.574. The minimum absolute atomic E-state index is 0.645. The molecule has 0 rings (SSSR count). The Morgan fingerprint density at radius 2 is 2.00 bits per heavy atom. The Labute approximate surface area is 76.9 Å². The van der Waals surface area contributed by atoms with Gasteiger partial charge in [-0.05, 0) is 38.8 Å². The van der Waals surface area contributed by atoms with Crippen LogP contribution >= 0.6 is 0 Å². The predicted molar refractivity (Wildman–Crippen MR) is 55.2 cm³/mol. The molecule has 2 atom stereocenters. The van der Waals surface area contributed by atoms with Crippen LogP contribution in [0.3, 0.4) is 0 Å². The van der Waals surface area contributed by atoms with Crippen molar-refractivity contribution in [2.75, 3.05) is 13.1 Å². The molecule has 74 valence electrons. The first-order chi connectivity index (χ1) is 5.70. The monoisotopic (exact) mass is 172 g/mol. The first-order valence-corrected chi connectivity index (χ1v) is 5.14. The fraction of sp³-hybridized carbons (Fsp3) is 1.00. The van der Waals surface area contributed by atoms with E-state index in [1.165, 1.54) is 12.8 Å². The van der Waals surface area contributed by atoms with Crippen molar-refractivity contribution in [1.82, 2.24) is 5.32 Å². The van der Waals surface area contributed by atoms with Gasteiger partial charge in [0, 0.05) is 6.04 Å². The molecule has 2 heteroatoms. The molecule has 0 bridgehead atoms. The summed E-state index contributed by atoms with van der Waals surface area (Å²) in [6.07, 6.45) is 3.65. The van der Waals surface area contributed by atoms with E-state index >= 15 is 0 Å². The zero-order valence-electron chi connectivity index (χ0n) is 8.77. The van der Waals surface area contributed by atoms with Gasteiger partial charge in [0.1, 0.15) is 0 Å². The second-order valence-corrected chi connectivity index (χ2v) is 3.75. The summed E-state index contributed by atoms with van der Waals surface area (Å²) in [4.78, 5) is 0. The largest absolute Gasteiger partial charge is 0.330 e. The third-order valence-electron chi connectivity index (χ3n) is 2.33. The Morgan fingerprint density at radius 1 is 1.33 bits per heavy atom. The minimum atomic E-state index is 0.645. The minimum Gasteiger partial charge on any atom is -0.330 e. The van der Waals surface area contributed by atoms with Gasteiger partial charge >= 0.3 is 0 Å². The van der Waals surface area contributed by atoms with E-state index in [1.54, 1.807) is 0 Å². The lowest BCUT2D eigenvalue weighted by Crippen LogP contribution is -2.29. The van der Waals surface area contributed by atoms with Crippen LogP contribution in [-0.4, -0.2) is 19.1 Å². The summed E-state index contributed by atoms with van der Waals surface area (Å²) in [5.74, 6) is 0.838. The molecule has 0 spiro atoms. The summed E-state index contributed by atoms with van der Waals surface area (Å²) < 4.78 is 0. The van der Waals surface area contributed by atoms with E-state index in [1.807, 2.05) is 0 Å². The number of nitrogens with two attached hydrogens (primary N) is 1. The van der Waals surface area contributed by atoms with Crippen LogP contribution in [-0.2, 0) is 0 Å². The van der Waals surface area contributed by atoms with E-state index in [2.05, 4.69) is 26.1 Å². The molecule has 0 radical (unpaired) electrons. The van der Waals surface area contributed by atoms with Crippen molar-refractivity contribution in [2.45, 2.75) is 46.1 Å². The van der Waals surface area contributed by atoms with Gasteiger partial charge in [-0.15, -0.1) is 0 Å². The molecule has 0 aromatic heterocycles. The molecule has 12 heavy (non-hydrogen) atoms. The highest BCUT2D eigenvalue weighted by Gasteiger charge is 2.05. The molecule has 0 heterocycles. The van der Waals surface area contributed by atoms with E-state index in [9.17, 15) is 0 Å². The normalized spacial score (nSPS) is 16.0. The zero-order chi connectivity index (χ0) is 9.40. The van der Waals surface area contributed by atoms with Crippen molar-refractivity contribution >= 4 is 0 Å². The molecule has 0 saturated heterocycles. The van der Waals surface area contributed by atoms with E-state index < -0.39 is 0 Å². The highest BCUT2D eigenvalue weighted by molar-refractivity contribution is 4.64. The van der Waals surface area contributed by atoms with Crippen LogP contribution in [0.25, 0.3) is 0 Å². The highest BCUT2D eigenvalue weighted by atomic mass is 14.9. The van der Waals surface area contributed by atoms with Gasteiger partial charge in [-0.2, -0.15) is 0 Å². The van der Waals surface area contributed by atoms with Gasteiger partial charge in [0.15, 0.2) is 0 Å². The zero-order valence-corrected chi connectivity index (χ0v) is 8.77. The van der Waals surface area contributed by atoms with Crippen LogP contribution in [0.5, 0.6) is 0 Å². The Hall–Kier alpha value is -0.0800. The molecule has 0 aliphatic heterocycles. The van der Waals surface area contributed by atoms with Gasteiger partial charge in [-0.3, -0.25) is 0 Å². The van der Waals surface area contributed by atoms with Crippen LogP contribution in [0.4, 0.5) is 0 Å². The van der Waals surface area contributed by atoms with Gasteiger partial charge in [-0.1, -0.05) is 20.3 Å². The molecular formula is C10H24N2. The lowest BCUT2D eigenvalue weighted by atomic mass is 10.0. The van der Waals surface area contributed by atoms with Crippen LogP contribution < -0.4 is 11.1 Å². The first-order valence-electron chi connectivity index (χ1n) is 5.14. The lowest BCUT2D eigenvalue weighted by Gasteiger charge is -2.17. The summed E-state index contributed by atoms with van der Waals surface area (Å²) in [5.41, 5.74) is 5.40. The van der Waals surface area contributed by atoms with Crippen molar-refractivity contribution in [3.05, 3.63) is 0 Å². The van der Waals surface area contributed by atoms with Gasteiger partial charge in [-0.25, -0.2) is 0 Å². The van der Waals surface area contributed by atoms with E-state index in [-0.39, 0.29) is 0 Å². The maximum absolute atomic E-state index is 5.40. The average Bonchev–Trinajstić information content (AvgIpc) is 2.05. The number of nitrogens with one attached hydrogen (secondary N) is 1. The predicted octanol–water partition coefficient (Wildman–Crippen LogP) is 1.75. The smallest absolute Gasteiger partial charge is 0.00412 e. The lowest BCUT2D eigenvalue weighted by molar-refractivity contribution is 0.412. The number of hydrogen-bond donors (Lipinski definition) is 2. The molecule has 0 fully saturated rings. The molecule has 2 nitrogen and oxygen atoms in total. The van der Waals surface area contributed by atoms with Crippen molar-refractivity contribution in [3.63, 3.8) is 0 Å². The Kier molecular flexibility index (Phi) is 7.51. The molecule has 0 aromatic carbocycles. The van der Waals surface area contributed by atoms with Crippen LogP contribution in [0.1, 0.15) is 40.0 Å². The van der Waals surface area contributed by atoms with Gasteiger partial charge in [0.2, 0.25) is 0 Å². The van der Waals surface area contributed by atoms with Crippen LogP contribution in [0.15, 0.2) is 0 Å². The molecule has 0 saturated carbocycles. The van der Waals surface area contributed by atoms with Gasteiger partial charge in [0.25, 0.3) is 0 Å². The van der Waals surface area contributed by atoms with Gasteiger partial charge < -0.3 is 11.1 Å². The molecule has 2 unspecified atom stereocenters. The SMILES string of the molecule is CCC(C)CC(C)NCCCN. The van der Waals surface area contributed by atoms with Crippen molar-refractivity contribution in [1.29, 1.82) is 0 Å². The Morgan fingerprint density at radius 3 is 2.50 bits per heavy atom. The number of hydrogen-bond acceptors (Lipinski definition) is 2. The van der Waals surface area contributed by atoms with Crippen molar-refractivity contribution in [2.24, 2.45) is 11.7 Å². The summed E-state index contributed by atoms with van der Waals surface area (Å²) in [6.45, 7) is 8.66. The van der Waals surface area contributed by atoms with Crippen LogP contribution in [0.2, 0.25) is 0 Å². The van der Waals surface area contributed by atoms with Crippen LogP contribution in [0, 0.1) is 5.92 Å². The summed E-state index contributed by atoms with van der Waals surface area (Å²) >= 11 is 0. The second kappa shape index (κ2) is 7.56. The third-order valence-corrected chi connectivity index (χ3v) is 2.33. The van der Waals surface area contributed by atoms with Gasteiger partial charge in [0.05, 0.1) is 0 Å². The Bertz CT molecular complexity index is 93.8. The molecule has 0 aliphatic carbocycles. The Balaban J connectivity index is 3.26. The van der Waals surface area contributed by atoms with E-state index in [0.29, 0.717) is 6.04 Å². The fourth-order valence-electron chi connectivity index (χ4n) is 1.30. The standard InChI is InChI=1S/C10H24N2/c1-4-9(2)8-10(3)12-7-5-6-11/h9-10,12H,4-8,11H2,1-3H3. The number of rotatable bonds is 7. The van der Waals surface area contributed by atoms with Crippen molar-refractivity contribution < 1.29 is 0 Å². The second-order valence-electron chi connectivity index (χ2n) is 3.75. The highest BCUT2D eigenvalue weighted by Crippen LogP contribution is 2.08. The maximum atomic E-state index is 5.40. The molecule has 0 aromatic rings. The molecule has 0 aliphatic rings. The molecule has 0 amide bonds. The van der Waals surface area contributed by atoms with E-state index in [0.717, 1.165) is 25.4 Å². The maximum Gasteiger partial charge on any atom is 0.00412 e. The first kappa shape index (κ1) is 11.9. The third kappa shape index (κ3) is 6.62.